The van der Waals surface area contributed by atoms with Gasteiger partial charge in [-0.05, 0) is 50.0 Å². The summed E-state index contributed by atoms with van der Waals surface area (Å²) in [6, 6.07) is 8.80. The van der Waals surface area contributed by atoms with Gasteiger partial charge in [0.1, 0.15) is 0 Å². The lowest BCUT2D eigenvalue weighted by atomic mass is 9.98. The first-order valence-corrected chi connectivity index (χ1v) is 11.7. The third-order valence-corrected chi connectivity index (χ3v) is 7.44. The van der Waals surface area contributed by atoms with Crippen LogP contribution in [0.25, 0.3) is 11.3 Å². The SMILES string of the molecule is O=S(=O)(c1ccc(-c2ccnc(NCC3CCNCC3)n2)cc1)N1CCNCC1. The zero-order valence-corrected chi connectivity index (χ0v) is 17.3. The smallest absolute Gasteiger partial charge is 0.243 e. The lowest BCUT2D eigenvalue weighted by molar-refractivity contribution is 0.360. The summed E-state index contributed by atoms with van der Waals surface area (Å²) in [4.78, 5) is 9.24. The van der Waals surface area contributed by atoms with Crippen LogP contribution in [0.2, 0.25) is 0 Å². The average Bonchev–Trinajstić information content (AvgIpc) is 2.79. The summed E-state index contributed by atoms with van der Waals surface area (Å²) in [7, 11) is -3.45. The summed E-state index contributed by atoms with van der Waals surface area (Å²) in [5.41, 5.74) is 1.65. The lowest BCUT2D eigenvalue weighted by Crippen LogP contribution is -2.46. The van der Waals surface area contributed by atoms with Crippen LogP contribution in [-0.2, 0) is 10.0 Å². The molecular weight excluding hydrogens is 388 g/mol. The molecule has 2 aliphatic rings. The Labute approximate surface area is 172 Å². The number of hydrogen-bond acceptors (Lipinski definition) is 7. The number of nitrogens with one attached hydrogen (secondary N) is 3. The van der Waals surface area contributed by atoms with Crippen LogP contribution in [-0.4, -0.2) is 68.5 Å². The summed E-state index contributed by atoms with van der Waals surface area (Å²) >= 11 is 0. The predicted octanol–water partition coefficient (Wildman–Crippen LogP) is 1.15. The Morgan fingerprint density at radius 2 is 1.69 bits per heavy atom. The van der Waals surface area contributed by atoms with Gasteiger partial charge in [0.2, 0.25) is 16.0 Å². The minimum absolute atomic E-state index is 0.321. The molecule has 0 unspecified atom stereocenters. The number of sulfonamides is 1. The van der Waals surface area contributed by atoms with Crippen LogP contribution in [0.4, 0.5) is 5.95 Å². The molecule has 0 radical (unpaired) electrons. The Kier molecular flexibility index (Phi) is 6.39. The van der Waals surface area contributed by atoms with Gasteiger partial charge in [-0.1, -0.05) is 12.1 Å². The third-order valence-electron chi connectivity index (χ3n) is 5.53. The molecule has 0 atom stereocenters. The van der Waals surface area contributed by atoms with Crippen LogP contribution in [0, 0.1) is 5.92 Å². The van der Waals surface area contributed by atoms with E-state index in [0.29, 0.717) is 42.9 Å². The Morgan fingerprint density at radius 1 is 1.00 bits per heavy atom. The minimum Gasteiger partial charge on any atom is -0.354 e. The molecule has 2 aromatic rings. The number of nitrogens with zero attached hydrogens (tertiary/aromatic N) is 3. The van der Waals surface area contributed by atoms with Crippen LogP contribution < -0.4 is 16.0 Å². The molecule has 0 aliphatic carbocycles. The van der Waals surface area contributed by atoms with Gasteiger partial charge in [0, 0.05) is 44.5 Å². The lowest BCUT2D eigenvalue weighted by Gasteiger charge is -2.26. The molecule has 9 heteroatoms. The average molecular weight is 417 g/mol. The molecule has 4 rings (SSSR count). The van der Waals surface area contributed by atoms with Crippen LogP contribution >= 0.6 is 0 Å². The molecular formula is C20H28N6O2S. The highest BCUT2D eigenvalue weighted by atomic mass is 32.2. The zero-order chi connectivity index (χ0) is 20.1. The molecule has 2 fully saturated rings. The van der Waals surface area contributed by atoms with Crippen molar-refractivity contribution in [1.82, 2.24) is 24.9 Å². The van der Waals surface area contributed by atoms with Crippen LogP contribution in [0.3, 0.4) is 0 Å². The summed E-state index contributed by atoms with van der Waals surface area (Å²) < 4.78 is 27.1. The van der Waals surface area contributed by atoms with E-state index in [1.807, 2.05) is 18.2 Å². The molecule has 1 aromatic heterocycles. The van der Waals surface area contributed by atoms with Gasteiger partial charge in [-0.25, -0.2) is 18.4 Å². The maximum Gasteiger partial charge on any atom is 0.243 e. The minimum atomic E-state index is -3.45. The maximum absolute atomic E-state index is 12.8. The molecule has 8 nitrogen and oxygen atoms in total. The van der Waals surface area contributed by atoms with E-state index in [1.54, 1.807) is 18.3 Å². The largest absolute Gasteiger partial charge is 0.354 e. The molecule has 0 amide bonds. The number of aromatic nitrogens is 2. The van der Waals surface area contributed by atoms with Crippen molar-refractivity contribution < 1.29 is 8.42 Å². The summed E-state index contributed by atoms with van der Waals surface area (Å²) in [5, 5.41) is 9.89. The molecule has 3 heterocycles. The number of benzene rings is 1. The molecule has 3 N–H and O–H groups in total. The number of piperazine rings is 1. The van der Waals surface area contributed by atoms with E-state index in [1.165, 1.54) is 4.31 Å². The highest BCUT2D eigenvalue weighted by Crippen LogP contribution is 2.22. The van der Waals surface area contributed by atoms with E-state index >= 15 is 0 Å². The van der Waals surface area contributed by atoms with E-state index in [4.69, 9.17) is 0 Å². The van der Waals surface area contributed by atoms with Crippen molar-refractivity contribution in [1.29, 1.82) is 0 Å². The van der Waals surface area contributed by atoms with E-state index < -0.39 is 10.0 Å². The van der Waals surface area contributed by atoms with E-state index in [9.17, 15) is 8.42 Å². The standard InChI is InChI=1S/C20H28N6O2S/c27-29(28,26-13-11-22-12-14-26)18-3-1-17(2-4-18)19-7-10-23-20(25-19)24-15-16-5-8-21-9-6-16/h1-4,7,10,16,21-22H,5-6,8-9,11-15H2,(H,23,24,25). The van der Waals surface area contributed by atoms with Crippen molar-refractivity contribution in [3.8, 4) is 11.3 Å². The topological polar surface area (TPSA) is 99.2 Å². The molecule has 1 aromatic carbocycles. The van der Waals surface area contributed by atoms with Crippen molar-refractivity contribution in [3.05, 3.63) is 36.5 Å². The Hall–Kier alpha value is -2.07. The molecule has 29 heavy (non-hydrogen) atoms. The van der Waals surface area contributed by atoms with Crippen molar-refractivity contribution in [2.45, 2.75) is 17.7 Å². The highest BCUT2D eigenvalue weighted by Gasteiger charge is 2.25. The van der Waals surface area contributed by atoms with Gasteiger partial charge in [0.05, 0.1) is 10.6 Å². The Morgan fingerprint density at radius 3 is 2.41 bits per heavy atom. The first-order chi connectivity index (χ1) is 14.1. The van der Waals surface area contributed by atoms with Gasteiger partial charge in [-0.2, -0.15) is 4.31 Å². The van der Waals surface area contributed by atoms with Gasteiger partial charge >= 0.3 is 0 Å². The van der Waals surface area contributed by atoms with E-state index in [-0.39, 0.29) is 0 Å². The first kappa shape index (κ1) is 20.2. The van der Waals surface area contributed by atoms with Crippen molar-refractivity contribution >= 4 is 16.0 Å². The summed E-state index contributed by atoms with van der Waals surface area (Å²) in [5.74, 6) is 1.25. The van der Waals surface area contributed by atoms with Crippen LogP contribution in [0.1, 0.15) is 12.8 Å². The number of piperidine rings is 1. The summed E-state index contributed by atoms with van der Waals surface area (Å²) in [6.07, 6.45) is 4.06. The normalized spacial score (nSPS) is 19.2. The quantitative estimate of drug-likeness (QED) is 0.650. The van der Waals surface area contributed by atoms with Crippen LogP contribution in [0.5, 0.6) is 0 Å². The van der Waals surface area contributed by atoms with Gasteiger partial charge in [-0.15, -0.1) is 0 Å². The number of rotatable bonds is 6. The second-order valence-electron chi connectivity index (χ2n) is 7.52. The van der Waals surface area contributed by atoms with Crippen molar-refractivity contribution in [2.75, 3.05) is 51.1 Å². The van der Waals surface area contributed by atoms with Gasteiger partial charge < -0.3 is 16.0 Å². The molecule has 2 saturated heterocycles. The van der Waals surface area contributed by atoms with Gasteiger partial charge in [0.25, 0.3) is 0 Å². The van der Waals surface area contributed by atoms with Crippen molar-refractivity contribution in [3.63, 3.8) is 0 Å². The van der Waals surface area contributed by atoms with E-state index in [0.717, 1.165) is 43.7 Å². The van der Waals surface area contributed by atoms with Crippen molar-refractivity contribution in [2.24, 2.45) is 5.92 Å². The second kappa shape index (κ2) is 9.17. The van der Waals surface area contributed by atoms with Gasteiger partial charge in [0.15, 0.2) is 0 Å². The molecule has 2 aliphatic heterocycles. The highest BCUT2D eigenvalue weighted by molar-refractivity contribution is 7.89. The molecule has 0 bridgehead atoms. The Balaban J connectivity index is 1.44. The Bertz CT molecular complexity index is 907. The fourth-order valence-electron chi connectivity index (χ4n) is 3.76. The zero-order valence-electron chi connectivity index (χ0n) is 16.5. The monoisotopic (exact) mass is 416 g/mol. The number of anilines is 1. The fourth-order valence-corrected chi connectivity index (χ4v) is 5.20. The van der Waals surface area contributed by atoms with Gasteiger partial charge in [-0.3, -0.25) is 0 Å². The molecule has 0 spiro atoms. The second-order valence-corrected chi connectivity index (χ2v) is 9.46. The molecule has 0 saturated carbocycles. The predicted molar refractivity (Wildman–Crippen MR) is 113 cm³/mol. The van der Waals surface area contributed by atoms with E-state index in [2.05, 4.69) is 25.9 Å². The third kappa shape index (κ3) is 4.92. The first-order valence-electron chi connectivity index (χ1n) is 10.2. The fraction of sp³-hybridized carbons (Fsp3) is 0.500. The van der Waals surface area contributed by atoms with Crippen LogP contribution in [0.15, 0.2) is 41.4 Å². The molecule has 156 valence electrons. The number of hydrogen-bond donors (Lipinski definition) is 3. The maximum atomic E-state index is 12.8. The summed E-state index contributed by atoms with van der Waals surface area (Å²) in [6.45, 7) is 5.38.